The Morgan fingerprint density at radius 2 is 1.90 bits per heavy atom. The first-order valence-electron chi connectivity index (χ1n) is 7.14. The standard InChI is InChI=1S/C17H18N4/c1-4-14-20-15(11(2)17(18-3)21-14)13-9-5-7-12-8-6-10-19-16(12)13/h5-10H,4H2,1-3H3,(H,18,20,21). The molecule has 106 valence electrons. The lowest BCUT2D eigenvalue weighted by Gasteiger charge is -2.13. The van der Waals surface area contributed by atoms with E-state index in [2.05, 4.69) is 40.4 Å². The van der Waals surface area contributed by atoms with Crippen LogP contribution in [0.15, 0.2) is 36.5 Å². The van der Waals surface area contributed by atoms with Gasteiger partial charge in [0.25, 0.3) is 0 Å². The zero-order valence-electron chi connectivity index (χ0n) is 12.5. The van der Waals surface area contributed by atoms with E-state index < -0.39 is 0 Å². The molecule has 0 aliphatic heterocycles. The Bertz CT molecular complexity index is 791. The fourth-order valence-corrected chi connectivity index (χ4v) is 2.52. The van der Waals surface area contributed by atoms with Crippen LogP contribution in [0, 0.1) is 6.92 Å². The van der Waals surface area contributed by atoms with Crippen molar-refractivity contribution in [2.75, 3.05) is 12.4 Å². The lowest BCUT2D eigenvalue weighted by molar-refractivity contribution is 0.936. The van der Waals surface area contributed by atoms with E-state index in [9.17, 15) is 0 Å². The van der Waals surface area contributed by atoms with E-state index in [0.29, 0.717) is 0 Å². The van der Waals surface area contributed by atoms with E-state index in [0.717, 1.165) is 45.8 Å². The van der Waals surface area contributed by atoms with Gasteiger partial charge in [0, 0.05) is 36.2 Å². The first kappa shape index (κ1) is 13.5. The monoisotopic (exact) mass is 278 g/mol. The molecule has 0 aliphatic rings. The maximum atomic E-state index is 4.73. The lowest BCUT2D eigenvalue weighted by Crippen LogP contribution is -2.05. The highest BCUT2D eigenvalue weighted by atomic mass is 15.0. The van der Waals surface area contributed by atoms with Crippen molar-refractivity contribution >= 4 is 16.7 Å². The number of fused-ring (bicyclic) bond motifs is 1. The quantitative estimate of drug-likeness (QED) is 0.795. The van der Waals surface area contributed by atoms with Crippen LogP contribution in [-0.2, 0) is 6.42 Å². The Kier molecular flexibility index (Phi) is 3.52. The SMILES string of the molecule is CCc1nc(NC)c(C)c(-c2cccc3cccnc23)n1. The van der Waals surface area contributed by atoms with Gasteiger partial charge in [0.1, 0.15) is 11.6 Å². The minimum absolute atomic E-state index is 0.806. The van der Waals surface area contributed by atoms with Crippen LogP contribution < -0.4 is 5.32 Å². The summed E-state index contributed by atoms with van der Waals surface area (Å²) in [7, 11) is 1.89. The number of pyridine rings is 1. The number of hydrogen-bond acceptors (Lipinski definition) is 4. The number of para-hydroxylation sites is 1. The molecular weight excluding hydrogens is 260 g/mol. The molecule has 0 atom stereocenters. The van der Waals surface area contributed by atoms with Crippen LogP contribution >= 0.6 is 0 Å². The highest BCUT2D eigenvalue weighted by Gasteiger charge is 2.14. The molecule has 2 aromatic heterocycles. The average molecular weight is 278 g/mol. The summed E-state index contributed by atoms with van der Waals surface area (Å²) < 4.78 is 0. The van der Waals surface area contributed by atoms with Crippen molar-refractivity contribution in [1.29, 1.82) is 0 Å². The van der Waals surface area contributed by atoms with Crippen molar-refractivity contribution in [1.82, 2.24) is 15.0 Å². The Morgan fingerprint density at radius 3 is 2.67 bits per heavy atom. The molecule has 0 aliphatic carbocycles. The highest BCUT2D eigenvalue weighted by molar-refractivity contribution is 5.93. The number of benzene rings is 1. The van der Waals surface area contributed by atoms with Crippen molar-refractivity contribution in [2.24, 2.45) is 0 Å². The van der Waals surface area contributed by atoms with Gasteiger partial charge >= 0.3 is 0 Å². The van der Waals surface area contributed by atoms with E-state index in [-0.39, 0.29) is 0 Å². The first-order valence-corrected chi connectivity index (χ1v) is 7.14. The summed E-state index contributed by atoms with van der Waals surface area (Å²) in [5.74, 6) is 1.72. The van der Waals surface area contributed by atoms with Gasteiger partial charge in [-0.2, -0.15) is 0 Å². The molecule has 0 spiro atoms. The number of hydrogen-bond donors (Lipinski definition) is 1. The van der Waals surface area contributed by atoms with Crippen LogP contribution in [0.25, 0.3) is 22.2 Å². The Balaban J connectivity index is 2.32. The molecule has 4 nitrogen and oxygen atoms in total. The summed E-state index contributed by atoms with van der Waals surface area (Å²) in [6.07, 6.45) is 2.63. The third-order valence-electron chi connectivity index (χ3n) is 3.63. The summed E-state index contributed by atoms with van der Waals surface area (Å²) in [4.78, 5) is 13.8. The van der Waals surface area contributed by atoms with Crippen molar-refractivity contribution in [3.63, 3.8) is 0 Å². The molecule has 3 rings (SSSR count). The number of aromatic nitrogens is 3. The maximum absolute atomic E-state index is 4.73. The van der Waals surface area contributed by atoms with Gasteiger partial charge in [-0.3, -0.25) is 4.98 Å². The summed E-state index contributed by atoms with van der Waals surface area (Å²) in [5, 5.41) is 4.28. The smallest absolute Gasteiger partial charge is 0.133 e. The lowest BCUT2D eigenvalue weighted by atomic mass is 10.0. The van der Waals surface area contributed by atoms with E-state index in [1.165, 1.54) is 0 Å². The molecular formula is C17H18N4. The number of aryl methyl sites for hydroxylation is 1. The van der Waals surface area contributed by atoms with Gasteiger partial charge in [0.2, 0.25) is 0 Å². The van der Waals surface area contributed by atoms with Crippen LogP contribution in [-0.4, -0.2) is 22.0 Å². The van der Waals surface area contributed by atoms with Crippen LogP contribution in [0.4, 0.5) is 5.82 Å². The number of nitrogens with zero attached hydrogens (tertiary/aromatic N) is 3. The number of nitrogens with one attached hydrogen (secondary N) is 1. The van der Waals surface area contributed by atoms with E-state index in [4.69, 9.17) is 4.98 Å². The van der Waals surface area contributed by atoms with Gasteiger partial charge in [-0.15, -0.1) is 0 Å². The van der Waals surface area contributed by atoms with Gasteiger partial charge in [-0.1, -0.05) is 31.2 Å². The van der Waals surface area contributed by atoms with Gasteiger partial charge in [0.05, 0.1) is 11.2 Å². The van der Waals surface area contributed by atoms with Crippen molar-refractivity contribution in [3.05, 3.63) is 47.9 Å². The second-order valence-electron chi connectivity index (χ2n) is 4.95. The van der Waals surface area contributed by atoms with Gasteiger partial charge in [-0.05, 0) is 13.0 Å². The molecule has 0 saturated heterocycles. The minimum atomic E-state index is 0.806. The van der Waals surface area contributed by atoms with Crippen LogP contribution in [0.5, 0.6) is 0 Å². The summed E-state index contributed by atoms with van der Waals surface area (Å²) in [6.45, 7) is 4.11. The summed E-state index contributed by atoms with van der Waals surface area (Å²) in [5.41, 5.74) is 4.04. The van der Waals surface area contributed by atoms with Crippen molar-refractivity contribution in [3.8, 4) is 11.3 Å². The molecule has 0 bridgehead atoms. The molecule has 0 saturated carbocycles. The first-order chi connectivity index (χ1) is 10.2. The number of rotatable bonds is 3. The van der Waals surface area contributed by atoms with E-state index >= 15 is 0 Å². The third kappa shape index (κ3) is 2.33. The fourth-order valence-electron chi connectivity index (χ4n) is 2.52. The second-order valence-corrected chi connectivity index (χ2v) is 4.95. The maximum Gasteiger partial charge on any atom is 0.133 e. The van der Waals surface area contributed by atoms with Crippen molar-refractivity contribution in [2.45, 2.75) is 20.3 Å². The normalized spacial score (nSPS) is 10.8. The van der Waals surface area contributed by atoms with E-state index in [1.54, 1.807) is 0 Å². The predicted octanol–water partition coefficient (Wildman–Crippen LogP) is 3.60. The van der Waals surface area contributed by atoms with Crippen LogP contribution in [0.1, 0.15) is 18.3 Å². The molecule has 3 aromatic rings. The zero-order chi connectivity index (χ0) is 14.8. The molecule has 0 radical (unpaired) electrons. The van der Waals surface area contributed by atoms with Gasteiger partial charge in [0.15, 0.2) is 0 Å². The Hall–Kier alpha value is -2.49. The van der Waals surface area contributed by atoms with Crippen LogP contribution in [0.3, 0.4) is 0 Å². The van der Waals surface area contributed by atoms with Crippen molar-refractivity contribution < 1.29 is 0 Å². The molecule has 0 unspecified atom stereocenters. The highest BCUT2D eigenvalue weighted by Crippen LogP contribution is 2.30. The zero-order valence-corrected chi connectivity index (χ0v) is 12.5. The van der Waals surface area contributed by atoms with Gasteiger partial charge in [-0.25, -0.2) is 9.97 Å². The van der Waals surface area contributed by atoms with Crippen LogP contribution in [0.2, 0.25) is 0 Å². The minimum Gasteiger partial charge on any atom is -0.373 e. The molecule has 21 heavy (non-hydrogen) atoms. The third-order valence-corrected chi connectivity index (χ3v) is 3.63. The Labute approximate surface area is 124 Å². The molecule has 1 aromatic carbocycles. The molecule has 0 amide bonds. The largest absolute Gasteiger partial charge is 0.373 e. The summed E-state index contributed by atoms with van der Waals surface area (Å²) >= 11 is 0. The Morgan fingerprint density at radius 1 is 1.10 bits per heavy atom. The predicted molar refractivity (Wildman–Crippen MR) is 86.4 cm³/mol. The molecule has 4 heteroatoms. The molecule has 0 fully saturated rings. The molecule has 1 N–H and O–H groups in total. The average Bonchev–Trinajstić information content (AvgIpc) is 2.54. The topological polar surface area (TPSA) is 50.7 Å². The number of anilines is 1. The summed E-state index contributed by atoms with van der Waals surface area (Å²) in [6, 6.07) is 10.2. The fraction of sp³-hybridized carbons (Fsp3) is 0.235. The molecule has 2 heterocycles. The van der Waals surface area contributed by atoms with E-state index in [1.807, 2.05) is 32.3 Å². The second kappa shape index (κ2) is 5.48. The van der Waals surface area contributed by atoms with Gasteiger partial charge < -0.3 is 5.32 Å².